The second-order valence-corrected chi connectivity index (χ2v) is 6.14. The Balaban J connectivity index is 2.20. The van der Waals surface area contributed by atoms with Crippen LogP contribution < -0.4 is 9.47 Å². The predicted molar refractivity (Wildman–Crippen MR) is 95.9 cm³/mol. The van der Waals surface area contributed by atoms with Crippen molar-refractivity contribution in [1.29, 1.82) is 0 Å². The highest BCUT2D eigenvalue weighted by atomic mass is 19.4. The molecule has 0 saturated heterocycles. The van der Waals surface area contributed by atoms with Crippen LogP contribution in [0.2, 0.25) is 0 Å². The van der Waals surface area contributed by atoms with E-state index in [0.717, 1.165) is 5.56 Å². The van der Waals surface area contributed by atoms with Crippen LogP contribution in [0.1, 0.15) is 35.3 Å². The first kappa shape index (κ1) is 20.8. The molecule has 0 radical (unpaired) electrons. The molecule has 0 atom stereocenters. The normalized spacial score (nSPS) is 11.5. The summed E-state index contributed by atoms with van der Waals surface area (Å²) in [6.45, 7) is 4.45. The summed E-state index contributed by atoms with van der Waals surface area (Å²) in [4.78, 5) is 13.5. The van der Waals surface area contributed by atoms with E-state index in [-0.39, 0.29) is 18.1 Å². The molecule has 0 aliphatic heterocycles. The highest BCUT2D eigenvalue weighted by molar-refractivity contribution is 5.94. The number of ketones is 1. The molecule has 27 heavy (non-hydrogen) atoms. The summed E-state index contributed by atoms with van der Waals surface area (Å²) in [7, 11) is 1.78. The molecule has 0 heterocycles. The minimum absolute atomic E-state index is 0.0640. The van der Waals surface area contributed by atoms with Gasteiger partial charge in [-0.15, -0.1) is 13.2 Å². The molecular weight excluding hydrogens is 359 g/mol. The van der Waals surface area contributed by atoms with E-state index in [4.69, 9.17) is 4.74 Å². The first-order chi connectivity index (χ1) is 12.7. The van der Waals surface area contributed by atoms with Gasteiger partial charge in [-0.3, -0.25) is 9.69 Å². The van der Waals surface area contributed by atoms with E-state index >= 15 is 0 Å². The van der Waals surface area contributed by atoms with Crippen molar-refractivity contribution in [3.63, 3.8) is 0 Å². The largest absolute Gasteiger partial charge is 0.573 e. The van der Waals surface area contributed by atoms with Crippen LogP contribution in [0.25, 0.3) is 0 Å². The molecule has 146 valence electrons. The van der Waals surface area contributed by atoms with E-state index in [2.05, 4.69) is 4.74 Å². The smallest absolute Gasteiger partial charge is 0.494 e. The molecule has 2 rings (SSSR count). The molecule has 0 bridgehead atoms. The van der Waals surface area contributed by atoms with Gasteiger partial charge in [-0.25, -0.2) is 0 Å². The van der Waals surface area contributed by atoms with Crippen molar-refractivity contribution >= 4 is 5.78 Å². The molecule has 0 fully saturated rings. The third-order valence-corrected chi connectivity index (χ3v) is 3.85. The number of hydrogen-bond donors (Lipinski definition) is 0. The molecule has 0 N–H and O–H groups in total. The van der Waals surface area contributed by atoms with Gasteiger partial charge < -0.3 is 9.47 Å². The zero-order valence-electron chi connectivity index (χ0n) is 15.5. The fourth-order valence-corrected chi connectivity index (χ4v) is 2.71. The number of hydrogen-bond acceptors (Lipinski definition) is 4. The van der Waals surface area contributed by atoms with E-state index in [1.54, 1.807) is 37.4 Å². The van der Waals surface area contributed by atoms with Crippen LogP contribution in [0.15, 0.2) is 42.5 Å². The van der Waals surface area contributed by atoms with E-state index in [1.807, 2.05) is 11.8 Å². The van der Waals surface area contributed by atoms with Crippen LogP contribution in [0, 0.1) is 0 Å². The fraction of sp³-hybridized carbons (Fsp3) is 0.350. The summed E-state index contributed by atoms with van der Waals surface area (Å²) < 4.78 is 47.4. The van der Waals surface area contributed by atoms with Gasteiger partial charge >= 0.3 is 6.36 Å². The molecule has 0 unspecified atom stereocenters. The van der Waals surface area contributed by atoms with Crippen LogP contribution in [0.5, 0.6) is 11.5 Å². The van der Waals surface area contributed by atoms with Gasteiger partial charge in [0.15, 0.2) is 5.78 Å². The molecular formula is C20H22F3NO3. The minimum atomic E-state index is -4.74. The Labute approximate surface area is 156 Å². The van der Waals surface area contributed by atoms with Crippen LogP contribution in [-0.2, 0) is 13.1 Å². The molecule has 0 aromatic heterocycles. The van der Waals surface area contributed by atoms with Gasteiger partial charge in [-0.2, -0.15) is 0 Å². The van der Waals surface area contributed by atoms with Gasteiger partial charge in [0.25, 0.3) is 0 Å². The third-order valence-electron chi connectivity index (χ3n) is 3.85. The summed E-state index contributed by atoms with van der Waals surface area (Å²) in [5.74, 6) is 0.361. The maximum absolute atomic E-state index is 12.6. The molecule has 0 amide bonds. The molecule has 0 aliphatic carbocycles. The number of Topliss-reactive ketones (excluding diaryl/α,β-unsaturated/α-hetero) is 1. The molecule has 0 spiro atoms. The highest BCUT2D eigenvalue weighted by Crippen LogP contribution is 2.28. The van der Waals surface area contributed by atoms with Crippen molar-refractivity contribution in [1.82, 2.24) is 4.90 Å². The van der Waals surface area contributed by atoms with Crippen molar-refractivity contribution in [2.24, 2.45) is 0 Å². The number of halogens is 3. The maximum Gasteiger partial charge on any atom is 0.573 e. The number of para-hydroxylation sites is 1. The zero-order valence-corrected chi connectivity index (χ0v) is 15.5. The van der Waals surface area contributed by atoms with E-state index in [0.29, 0.717) is 30.0 Å². The van der Waals surface area contributed by atoms with Gasteiger partial charge in [0.05, 0.1) is 6.61 Å². The van der Waals surface area contributed by atoms with E-state index < -0.39 is 6.36 Å². The van der Waals surface area contributed by atoms with Crippen LogP contribution >= 0.6 is 0 Å². The Morgan fingerprint density at radius 1 is 1.04 bits per heavy atom. The van der Waals surface area contributed by atoms with Crippen molar-refractivity contribution in [3.8, 4) is 11.5 Å². The first-order valence-corrected chi connectivity index (χ1v) is 8.48. The Bertz CT molecular complexity index is 790. The van der Waals surface area contributed by atoms with Gasteiger partial charge in [-0.05, 0) is 45.2 Å². The monoisotopic (exact) mass is 381 g/mol. The van der Waals surface area contributed by atoms with E-state index in [1.165, 1.54) is 19.1 Å². The maximum atomic E-state index is 12.6. The van der Waals surface area contributed by atoms with Crippen LogP contribution in [0.4, 0.5) is 13.2 Å². The summed E-state index contributed by atoms with van der Waals surface area (Å²) >= 11 is 0. The SMILES string of the molecule is CCOc1ccc(C(C)=O)cc1CN(C)Cc1ccccc1OC(F)(F)F. The highest BCUT2D eigenvalue weighted by Gasteiger charge is 2.32. The van der Waals surface area contributed by atoms with Crippen LogP contribution in [0.3, 0.4) is 0 Å². The number of alkyl halides is 3. The second kappa shape index (κ2) is 8.90. The number of carbonyl (C=O) groups is 1. The number of ether oxygens (including phenoxy) is 2. The molecule has 0 aliphatic rings. The molecule has 2 aromatic carbocycles. The summed E-state index contributed by atoms with van der Waals surface area (Å²) in [6, 6.07) is 11.2. The average Bonchev–Trinajstić information content (AvgIpc) is 2.57. The van der Waals surface area contributed by atoms with Crippen molar-refractivity contribution in [2.75, 3.05) is 13.7 Å². The Hall–Kier alpha value is -2.54. The lowest BCUT2D eigenvalue weighted by Crippen LogP contribution is -2.21. The van der Waals surface area contributed by atoms with Gasteiger partial charge in [0.2, 0.25) is 0 Å². The molecule has 7 heteroatoms. The Morgan fingerprint density at radius 3 is 2.33 bits per heavy atom. The number of nitrogens with zero attached hydrogens (tertiary/aromatic N) is 1. The Morgan fingerprint density at radius 2 is 1.70 bits per heavy atom. The molecule has 2 aromatic rings. The third kappa shape index (κ3) is 6.29. The van der Waals surface area contributed by atoms with Crippen LogP contribution in [-0.4, -0.2) is 30.7 Å². The minimum Gasteiger partial charge on any atom is -0.494 e. The lowest BCUT2D eigenvalue weighted by molar-refractivity contribution is -0.275. The van der Waals surface area contributed by atoms with Gasteiger partial charge in [0, 0.05) is 29.8 Å². The lowest BCUT2D eigenvalue weighted by Gasteiger charge is -2.21. The zero-order chi connectivity index (χ0) is 20.0. The second-order valence-electron chi connectivity index (χ2n) is 6.14. The summed E-state index contributed by atoms with van der Waals surface area (Å²) in [5, 5.41) is 0. The first-order valence-electron chi connectivity index (χ1n) is 8.48. The summed E-state index contributed by atoms with van der Waals surface area (Å²) in [5.41, 5.74) is 1.77. The predicted octanol–water partition coefficient (Wildman–Crippen LogP) is 4.82. The van der Waals surface area contributed by atoms with Gasteiger partial charge in [-0.1, -0.05) is 18.2 Å². The molecule has 0 saturated carbocycles. The van der Waals surface area contributed by atoms with Crippen molar-refractivity contribution in [3.05, 3.63) is 59.2 Å². The standard InChI is InChI=1S/C20H22F3NO3/c1-4-26-18-10-9-15(14(2)25)11-17(18)13-24(3)12-16-7-5-6-8-19(16)27-20(21,22)23/h5-11H,4,12-13H2,1-3H3. The average molecular weight is 381 g/mol. The van der Waals surface area contributed by atoms with E-state index in [9.17, 15) is 18.0 Å². The molecule has 4 nitrogen and oxygen atoms in total. The summed E-state index contributed by atoms with van der Waals surface area (Å²) in [6.07, 6.45) is -4.74. The number of carbonyl (C=O) groups excluding carboxylic acids is 1. The quantitative estimate of drug-likeness (QED) is 0.615. The Kier molecular flexibility index (Phi) is 6.85. The number of benzene rings is 2. The van der Waals surface area contributed by atoms with Crippen molar-refractivity contribution < 1.29 is 27.4 Å². The van der Waals surface area contributed by atoms with Gasteiger partial charge in [0.1, 0.15) is 11.5 Å². The topological polar surface area (TPSA) is 38.8 Å². The van der Waals surface area contributed by atoms with Crippen molar-refractivity contribution in [2.45, 2.75) is 33.3 Å². The fourth-order valence-electron chi connectivity index (χ4n) is 2.71. The number of rotatable bonds is 8. The lowest BCUT2D eigenvalue weighted by atomic mass is 10.1.